The zero-order valence-electron chi connectivity index (χ0n) is 12.6. The van der Waals surface area contributed by atoms with Crippen molar-refractivity contribution in [2.24, 2.45) is 10.9 Å². The second kappa shape index (κ2) is 7.56. The van der Waals surface area contributed by atoms with Crippen LogP contribution in [0.1, 0.15) is 24.5 Å². The standard InChI is InChI=1S/C15H23N3O2S/c1-3-13-10-18(6-7-21-13)9-12-8-11(15(16)17-19)4-5-14(12)20-2/h4-5,8,13,19H,3,6-7,9-10H2,1-2H3,(H2,16,17). The second-order valence-electron chi connectivity index (χ2n) is 5.15. The number of ether oxygens (including phenoxy) is 1. The first-order valence-corrected chi connectivity index (χ1v) is 8.21. The summed E-state index contributed by atoms with van der Waals surface area (Å²) in [5, 5.41) is 12.6. The minimum atomic E-state index is 0.125. The van der Waals surface area contributed by atoms with Gasteiger partial charge in [-0.25, -0.2) is 0 Å². The predicted octanol–water partition coefficient (Wildman–Crippen LogP) is 2.12. The summed E-state index contributed by atoms with van der Waals surface area (Å²) in [7, 11) is 1.67. The van der Waals surface area contributed by atoms with E-state index in [2.05, 4.69) is 28.7 Å². The van der Waals surface area contributed by atoms with Crippen LogP contribution in [0.5, 0.6) is 5.75 Å². The van der Waals surface area contributed by atoms with Gasteiger partial charge in [-0.2, -0.15) is 11.8 Å². The van der Waals surface area contributed by atoms with Crippen molar-refractivity contribution in [3.8, 4) is 5.75 Å². The number of methoxy groups -OCH3 is 1. The molecule has 2 rings (SSSR count). The van der Waals surface area contributed by atoms with Crippen molar-refractivity contribution in [1.29, 1.82) is 0 Å². The Bertz CT molecular complexity index is 508. The van der Waals surface area contributed by atoms with E-state index < -0.39 is 0 Å². The molecular formula is C15H23N3O2S. The van der Waals surface area contributed by atoms with Crippen LogP contribution in [-0.4, -0.2) is 47.1 Å². The van der Waals surface area contributed by atoms with Crippen LogP contribution >= 0.6 is 11.8 Å². The van der Waals surface area contributed by atoms with E-state index in [0.717, 1.165) is 30.9 Å². The van der Waals surface area contributed by atoms with Crippen molar-refractivity contribution >= 4 is 17.6 Å². The topological polar surface area (TPSA) is 71.1 Å². The SMILES string of the molecule is CCC1CN(Cc2cc(/C(N)=N/O)ccc2OC)CCS1. The molecule has 0 aromatic heterocycles. The van der Waals surface area contributed by atoms with Crippen LogP contribution in [0.25, 0.3) is 0 Å². The monoisotopic (exact) mass is 309 g/mol. The van der Waals surface area contributed by atoms with Crippen LogP contribution in [0.4, 0.5) is 0 Å². The number of benzene rings is 1. The van der Waals surface area contributed by atoms with Gasteiger partial charge in [-0.1, -0.05) is 12.1 Å². The van der Waals surface area contributed by atoms with Crippen molar-refractivity contribution < 1.29 is 9.94 Å². The fraction of sp³-hybridized carbons (Fsp3) is 0.533. The van der Waals surface area contributed by atoms with Gasteiger partial charge in [-0.3, -0.25) is 4.90 Å². The molecule has 0 spiro atoms. The highest BCUT2D eigenvalue weighted by Gasteiger charge is 2.20. The predicted molar refractivity (Wildman–Crippen MR) is 87.3 cm³/mol. The number of oxime groups is 1. The Hall–Kier alpha value is -1.40. The Morgan fingerprint density at radius 2 is 2.38 bits per heavy atom. The lowest BCUT2D eigenvalue weighted by atomic mass is 10.1. The van der Waals surface area contributed by atoms with Crippen LogP contribution in [0.15, 0.2) is 23.4 Å². The molecule has 1 saturated heterocycles. The molecule has 21 heavy (non-hydrogen) atoms. The summed E-state index contributed by atoms with van der Waals surface area (Å²) in [4.78, 5) is 2.44. The Morgan fingerprint density at radius 1 is 1.57 bits per heavy atom. The quantitative estimate of drug-likeness (QED) is 0.377. The van der Waals surface area contributed by atoms with Gasteiger partial charge in [-0.05, 0) is 24.6 Å². The highest BCUT2D eigenvalue weighted by atomic mass is 32.2. The van der Waals surface area contributed by atoms with Crippen LogP contribution < -0.4 is 10.5 Å². The Labute approximate surface area is 130 Å². The van der Waals surface area contributed by atoms with Crippen LogP contribution in [-0.2, 0) is 6.54 Å². The maximum Gasteiger partial charge on any atom is 0.170 e. The van der Waals surface area contributed by atoms with Gasteiger partial charge in [0, 0.05) is 41.8 Å². The Balaban J connectivity index is 2.17. The van der Waals surface area contributed by atoms with Crippen LogP contribution in [0.3, 0.4) is 0 Å². The number of hydrogen-bond acceptors (Lipinski definition) is 5. The second-order valence-corrected chi connectivity index (χ2v) is 6.56. The summed E-state index contributed by atoms with van der Waals surface area (Å²) in [5.74, 6) is 2.14. The van der Waals surface area contributed by atoms with Crippen molar-refractivity contribution in [1.82, 2.24) is 4.90 Å². The number of nitrogens with zero attached hydrogens (tertiary/aromatic N) is 2. The molecule has 1 heterocycles. The zero-order chi connectivity index (χ0) is 15.2. The average Bonchev–Trinajstić information content (AvgIpc) is 2.54. The average molecular weight is 309 g/mol. The highest BCUT2D eigenvalue weighted by Crippen LogP contribution is 2.26. The van der Waals surface area contributed by atoms with Crippen molar-refractivity contribution in [3.05, 3.63) is 29.3 Å². The molecule has 1 aliphatic rings. The van der Waals surface area contributed by atoms with Crippen molar-refractivity contribution in [2.45, 2.75) is 25.1 Å². The normalized spacial score (nSPS) is 20.5. The molecule has 0 aliphatic carbocycles. The minimum absolute atomic E-state index is 0.125. The smallest absolute Gasteiger partial charge is 0.170 e. The summed E-state index contributed by atoms with van der Waals surface area (Å²) >= 11 is 2.05. The molecule has 1 aromatic carbocycles. The molecule has 1 fully saturated rings. The summed E-state index contributed by atoms with van der Waals surface area (Å²) in [5.41, 5.74) is 7.46. The van der Waals surface area contributed by atoms with Gasteiger partial charge >= 0.3 is 0 Å². The number of amidine groups is 1. The summed E-state index contributed by atoms with van der Waals surface area (Å²) in [6, 6.07) is 5.62. The molecule has 1 unspecified atom stereocenters. The molecule has 1 atom stereocenters. The van der Waals surface area contributed by atoms with Gasteiger partial charge in [0.1, 0.15) is 5.75 Å². The summed E-state index contributed by atoms with van der Waals surface area (Å²) in [6.07, 6.45) is 1.20. The van der Waals surface area contributed by atoms with Gasteiger partial charge in [0.25, 0.3) is 0 Å². The maximum absolute atomic E-state index is 8.81. The molecule has 0 radical (unpaired) electrons. The van der Waals surface area contributed by atoms with Crippen LogP contribution in [0.2, 0.25) is 0 Å². The van der Waals surface area contributed by atoms with Gasteiger partial charge < -0.3 is 15.7 Å². The summed E-state index contributed by atoms with van der Waals surface area (Å²) < 4.78 is 5.43. The third-order valence-electron chi connectivity index (χ3n) is 3.76. The molecule has 116 valence electrons. The van der Waals surface area contributed by atoms with E-state index >= 15 is 0 Å². The molecule has 6 heteroatoms. The van der Waals surface area contributed by atoms with E-state index in [1.54, 1.807) is 13.2 Å². The molecule has 0 amide bonds. The lowest BCUT2D eigenvalue weighted by Gasteiger charge is -2.32. The van der Waals surface area contributed by atoms with Gasteiger partial charge in [0.15, 0.2) is 5.84 Å². The van der Waals surface area contributed by atoms with Crippen molar-refractivity contribution in [3.63, 3.8) is 0 Å². The highest BCUT2D eigenvalue weighted by molar-refractivity contribution is 8.00. The molecule has 0 saturated carbocycles. The number of rotatable bonds is 5. The lowest BCUT2D eigenvalue weighted by Crippen LogP contribution is -2.37. The van der Waals surface area contributed by atoms with Gasteiger partial charge in [0.05, 0.1) is 7.11 Å². The number of thioether (sulfide) groups is 1. The molecule has 3 N–H and O–H groups in total. The largest absolute Gasteiger partial charge is 0.496 e. The van der Waals surface area contributed by atoms with E-state index in [-0.39, 0.29) is 5.84 Å². The third kappa shape index (κ3) is 4.04. The first-order chi connectivity index (χ1) is 10.2. The first-order valence-electron chi connectivity index (χ1n) is 7.16. The zero-order valence-corrected chi connectivity index (χ0v) is 13.4. The molecule has 1 aromatic rings. The van der Waals surface area contributed by atoms with E-state index in [0.29, 0.717) is 10.8 Å². The van der Waals surface area contributed by atoms with Crippen molar-refractivity contribution in [2.75, 3.05) is 26.0 Å². The molecule has 1 aliphatic heterocycles. The Kier molecular flexibility index (Phi) is 5.76. The maximum atomic E-state index is 8.81. The summed E-state index contributed by atoms with van der Waals surface area (Å²) in [6.45, 7) is 5.24. The number of nitrogens with two attached hydrogens (primary N) is 1. The van der Waals surface area contributed by atoms with E-state index in [1.807, 2.05) is 12.1 Å². The molecule has 0 bridgehead atoms. The van der Waals surface area contributed by atoms with E-state index in [1.165, 1.54) is 12.2 Å². The van der Waals surface area contributed by atoms with Gasteiger partial charge in [0.2, 0.25) is 0 Å². The van der Waals surface area contributed by atoms with Crippen LogP contribution in [0, 0.1) is 0 Å². The van der Waals surface area contributed by atoms with E-state index in [9.17, 15) is 0 Å². The fourth-order valence-corrected chi connectivity index (χ4v) is 3.78. The minimum Gasteiger partial charge on any atom is -0.496 e. The first kappa shape index (κ1) is 16.0. The number of hydrogen-bond donors (Lipinski definition) is 2. The molecular weight excluding hydrogens is 286 g/mol. The Morgan fingerprint density at radius 3 is 3.05 bits per heavy atom. The van der Waals surface area contributed by atoms with E-state index in [4.69, 9.17) is 15.7 Å². The van der Waals surface area contributed by atoms with Gasteiger partial charge in [-0.15, -0.1) is 0 Å². The third-order valence-corrected chi connectivity index (χ3v) is 5.13. The fourth-order valence-electron chi connectivity index (χ4n) is 2.53. The molecule has 5 nitrogen and oxygen atoms in total. The lowest BCUT2D eigenvalue weighted by molar-refractivity contribution is 0.268.